The normalized spacial score (nSPS) is 10.9. The molecule has 1 aromatic heterocycles. The summed E-state index contributed by atoms with van der Waals surface area (Å²) in [6.07, 6.45) is 0. The molecule has 96 valence electrons. The lowest BCUT2D eigenvalue weighted by atomic mass is 10.2. The van der Waals surface area contributed by atoms with E-state index in [0.717, 1.165) is 30.1 Å². The molecule has 0 aromatic carbocycles. The minimum Gasteiger partial charge on any atom is -0.361 e. The van der Waals surface area contributed by atoms with Crippen LogP contribution in [-0.2, 0) is 11.3 Å². The fraction of sp³-hybridized carbons (Fsp3) is 0.667. The third kappa shape index (κ3) is 4.19. The van der Waals surface area contributed by atoms with Crippen LogP contribution in [0.15, 0.2) is 4.52 Å². The highest BCUT2D eigenvalue weighted by molar-refractivity contribution is 5.77. The van der Waals surface area contributed by atoms with Crippen LogP contribution in [-0.4, -0.2) is 24.2 Å². The number of hydrogen-bond acceptors (Lipinski definition) is 4. The average molecular weight is 239 g/mol. The van der Waals surface area contributed by atoms with E-state index in [2.05, 4.69) is 15.8 Å². The van der Waals surface area contributed by atoms with Gasteiger partial charge in [0.1, 0.15) is 5.76 Å². The zero-order valence-electron chi connectivity index (χ0n) is 11.0. The SMILES string of the molecule is Cc1noc(C)c1CNCCNC(=O)C(C)C. The van der Waals surface area contributed by atoms with Gasteiger partial charge in [-0.25, -0.2) is 0 Å². The van der Waals surface area contributed by atoms with E-state index in [9.17, 15) is 4.79 Å². The number of carbonyl (C=O) groups excluding carboxylic acids is 1. The summed E-state index contributed by atoms with van der Waals surface area (Å²) in [5.74, 6) is 0.975. The van der Waals surface area contributed by atoms with E-state index in [4.69, 9.17) is 4.52 Å². The molecule has 0 radical (unpaired) electrons. The molecule has 0 aliphatic heterocycles. The fourth-order valence-corrected chi connectivity index (χ4v) is 1.45. The van der Waals surface area contributed by atoms with Crippen molar-refractivity contribution in [3.8, 4) is 0 Å². The Bertz CT molecular complexity index is 352. The summed E-state index contributed by atoms with van der Waals surface area (Å²) in [5.41, 5.74) is 2.02. The van der Waals surface area contributed by atoms with Gasteiger partial charge in [-0.15, -0.1) is 0 Å². The first-order chi connectivity index (χ1) is 8.02. The van der Waals surface area contributed by atoms with Gasteiger partial charge in [0.05, 0.1) is 5.69 Å². The van der Waals surface area contributed by atoms with E-state index >= 15 is 0 Å². The molecule has 0 unspecified atom stereocenters. The Hall–Kier alpha value is -1.36. The minimum atomic E-state index is 0.0394. The quantitative estimate of drug-likeness (QED) is 0.731. The van der Waals surface area contributed by atoms with Crippen LogP contribution in [0.25, 0.3) is 0 Å². The van der Waals surface area contributed by atoms with Crippen LogP contribution in [0, 0.1) is 19.8 Å². The number of aryl methyl sites for hydroxylation is 2. The van der Waals surface area contributed by atoms with E-state index < -0.39 is 0 Å². The molecule has 1 aromatic rings. The summed E-state index contributed by atoms with van der Waals surface area (Å²) in [5, 5.41) is 9.98. The third-order valence-electron chi connectivity index (χ3n) is 2.61. The lowest BCUT2D eigenvalue weighted by molar-refractivity contribution is -0.123. The molecule has 0 saturated heterocycles. The first-order valence-corrected chi connectivity index (χ1v) is 5.92. The van der Waals surface area contributed by atoms with Gasteiger partial charge in [-0.05, 0) is 13.8 Å². The van der Waals surface area contributed by atoms with Crippen LogP contribution >= 0.6 is 0 Å². The van der Waals surface area contributed by atoms with Gasteiger partial charge in [0.15, 0.2) is 0 Å². The Morgan fingerprint density at radius 2 is 2.06 bits per heavy atom. The first kappa shape index (κ1) is 13.7. The smallest absolute Gasteiger partial charge is 0.222 e. The highest BCUT2D eigenvalue weighted by atomic mass is 16.5. The van der Waals surface area contributed by atoms with Gasteiger partial charge < -0.3 is 15.2 Å². The van der Waals surface area contributed by atoms with Crippen molar-refractivity contribution in [3.63, 3.8) is 0 Å². The van der Waals surface area contributed by atoms with Crippen LogP contribution in [0.2, 0.25) is 0 Å². The van der Waals surface area contributed by atoms with Crippen LogP contribution < -0.4 is 10.6 Å². The predicted molar refractivity (Wildman–Crippen MR) is 65.5 cm³/mol. The van der Waals surface area contributed by atoms with E-state index in [0.29, 0.717) is 6.54 Å². The lowest BCUT2D eigenvalue weighted by Crippen LogP contribution is -2.34. The Morgan fingerprint density at radius 1 is 1.35 bits per heavy atom. The van der Waals surface area contributed by atoms with Crippen molar-refractivity contribution < 1.29 is 9.32 Å². The van der Waals surface area contributed by atoms with Crippen molar-refractivity contribution in [1.82, 2.24) is 15.8 Å². The van der Waals surface area contributed by atoms with Crippen molar-refractivity contribution >= 4 is 5.91 Å². The van der Waals surface area contributed by atoms with Crippen LogP contribution in [0.5, 0.6) is 0 Å². The van der Waals surface area contributed by atoms with Gasteiger partial charge in [0, 0.05) is 31.1 Å². The molecule has 0 fully saturated rings. The van der Waals surface area contributed by atoms with Gasteiger partial charge >= 0.3 is 0 Å². The molecule has 0 spiro atoms. The summed E-state index contributed by atoms with van der Waals surface area (Å²) in [6, 6.07) is 0. The maximum Gasteiger partial charge on any atom is 0.222 e. The first-order valence-electron chi connectivity index (χ1n) is 5.92. The molecule has 0 saturated carbocycles. The van der Waals surface area contributed by atoms with E-state index in [-0.39, 0.29) is 11.8 Å². The topological polar surface area (TPSA) is 67.2 Å². The Morgan fingerprint density at radius 3 is 2.59 bits per heavy atom. The molecule has 2 N–H and O–H groups in total. The second kappa shape index (κ2) is 6.39. The minimum absolute atomic E-state index is 0.0394. The third-order valence-corrected chi connectivity index (χ3v) is 2.61. The Labute approximate surface area is 102 Å². The van der Waals surface area contributed by atoms with E-state index in [1.165, 1.54) is 0 Å². The van der Waals surface area contributed by atoms with Crippen LogP contribution in [0.3, 0.4) is 0 Å². The molecule has 1 amide bonds. The number of aromatic nitrogens is 1. The molecule has 5 nitrogen and oxygen atoms in total. The number of carbonyl (C=O) groups is 1. The number of amides is 1. The van der Waals surface area contributed by atoms with E-state index in [1.807, 2.05) is 27.7 Å². The van der Waals surface area contributed by atoms with Crippen molar-refractivity contribution in [2.75, 3.05) is 13.1 Å². The van der Waals surface area contributed by atoms with Gasteiger partial charge in [-0.3, -0.25) is 4.79 Å². The summed E-state index contributed by atoms with van der Waals surface area (Å²) < 4.78 is 5.06. The molecule has 17 heavy (non-hydrogen) atoms. The standard InChI is InChI=1S/C12H21N3O2/c1-8(2)12(16)14-6-5-13-7-11-9(3)15-17-10(11)4/h8,13H,5-7H2,1-4H3,(H,14,16). The average Bonchev–Trinajstić information content (AvgIpc) is 2.59. The fourth-order valence-electron chi connectivity index (χ4n) is 1.45. The molecule has 1 rings (SSSR count). The van der Waals surface area contributed by atoms with Gasteiger partial charge in [-0.1, -0.05) is 19.0 Å². The molecular formula is C12H21N3O2. The monoisotopic (exact) mass is 239 g/mol. The molecule has 0 aliphatic carbocycles. The summed E-state index contributed by atoms with van der Waals surface area (Å²) in [6.45, 7) is 9.69. The summed E-state index contributed by atoms with van der Waals surface area (Å²) >= 11 is 0. The summed E-state index contributed by atoms with van der Waals surface area (Å²) in [4.78, 5) is 11.3. The maximum atomic E-state index is 11.3. The van der Waals surface area contributed by atoms with Crippen molar-refractivity contribution in [2.24, 2.45) is 5.92 Å². The van der Waals surface area contributed by atoms with Crippen molar-refractivity contribution in [2.45, 2.75) is 34.2 Å². The molecule has 0 atom stereocenters. The molecule has 0 aliphatic rings. The molecule has 5 heteroatoms. The Kier molecular flexibility index (Phi) is 5.15. The summed E-state index contributed by atoms with van der Waals surface area (Å²) in [7, 11) is 0. The Balaban J connectivity index is 2.19. The number of nitrogens with zero attached hydrogens (tertiary/aromatic N) is 1. The van der Waals surface area contributed by atoms with Crippen LogP contribution in [0.1, 0.15) is 30.9 Å². The van der Waals surface area contributed by atoms with Crippen molar-refractivity contribution in [3.05, 3.63) is 17.0 Å². The molecule has 1 heterocycles. The largest absolute Gasteiger partial charge is 0.361 e. The zero-order valence-corrected chi connectivity index (χ0v) is 11.0. The second-order valence-corrected chi connectivity index (χ2v) is 4.43. The van der Waals surface area contributed by atoms with Gasteiger partial charge in [0.25, 0.3) is 0 Å². The van der Waals surface area contributed by atoms with Gasteiger partial charge in [0.2, 0.25) is 5.91 Å². The van der Waals surface area contributed by atoms with Crippen molar-refractivity contribution in [1.29, 1.82) is 0 Å². The predicted octanol–water partition coefficient (Wildman–Crippen LogP) is 1.15. The zero-order chi connectivity index (χ0) is 12.8. The lowest BCUT2D eigenvalue weighted by Gasteiger charge is -2.08. The number of hydrogen-bond donors (Lipinski definition) is 2. The van der Waals surface area contributed by atoms with Crippen LogP contribution in [0.4, 0.5) is 0 Å². The highest BCUT2D eigenvalue weighted by Gasteiger charge is 2.08. The number of nitrogens with one attached hydrogen (secondary N) is 2. The van der Waals surface area contributed by atoms with Gasteiger partial charge in [-0.2, -0.15) is 0 Å². The number of rotatable bonds is 6. The molecule has 0 bridgehead atoms. The second-order valence-electron chi connectivity index (χ2n) is 4.43. The molecular weight excluding hydrogens is 218 g/mol. The maximum absolute atomic E-state index is 11.3. The van der Waals surface area contributed by atoms with E-state index in [1.54, 1.807) is 0 Å². The highest BCUT2D eigenvalue weighted by Crippen LogP contribution is 2.10.